The summed E-state index contributed by atoms with van der Waals surface area (Å²) in [5, 5.41) is 0. The van der Waals surface area contributed by atoms with Crippen LogP contribution in [0.2, 0.25) is 0 Å². The normalized spacial score (nSPS) is 35.2. The third-order valence-electron chi connectivity index (χ3n) is 5.30. The fourth-order valence-electron chi connectivity index (χ4n) is 4.07. The molecule has 20 heavy (non-hydrogen) atoms. The molecule has 0 unspecified atom stereocenters. The molecule has 2 aliphatic rings. The lowest BCUT2D eigenvalue weighted by Crippen LogP contribution is -2.28. The van der Waals surface area contributed by atoms with E-state index in [1.54, 1.807) is 0 Å². The Kier molecular flexibility index (Phi) is 6.86. The van der Waals surface area contributed by atoms with Crippen molar-refractivity contribution in [3.63, 3.8) is 0 Å². The van der Waals surface area contributed by atoms with Crippen LogP contribution in [0.25, 0.3) is 0 Å². The van der Waals surface area contributed by atoms with Crippen LogP contribution in [0.4, 0.5) is 0 Å². The van der Waals surface area contributed by atoms with Gasteiger partial charge in [-0.25, -0.2) is 0 Å². The van der Waals surface area contributed by atoms with Crippen LogP contribution in [0.15, 0.2) is 24.8 Å². The van der Waals surface area contributed by atoms with Gasteiger partial charge in [-0.3, -0.25) is 0 Å². The lowest BCUT2D eigenvalue weighted by molar-refractivity contribution is 0.0220. The third-order valence-corrected chi connectivity index (χ3v) is 5.30. The van der Waals surface area contributed by atoms with E-state index in [1.165, 1.54) is 57.8 Å². The molecule has 0 aromatic heterocycles. The molecule has 0 aromatic rings. The second kappa shape index (κ2) is 8.67. The van der Waals surface area contributed by atoms with Gasteiger partial charge in [0.2, 0.25) is 0 Å². The average molecular weight is 276 g/mol. The standard InChI is InChI=1S/C19H32O/c1-3-5-6-16-7-9-17(10-8-16)18-11-13-19(14-12-18)20-15-4-2/h4-6,16-19H,2-3,7-15H2,1H3/b6-5+/t16-,17-,18?,19?. The molecule has 1 nitrogen and oxygen atoms in total. The Bertz CT molecular complexity index is 291. The zero-order chi connectivity index (χ0) is 14.2. The van der Waals surface area contributed by atoms with Crippen molar-refractivity contribution < 1.29 is 4.74 Å². The molecule has 0 amide bonds. The largest absolute Gasteiger partial charge is 0.374 e. The van der Waals surface area contributed by atoms with Crippen LogP contribution < -0.4 is 0 Å². The quantitative estimate of drug-likeness (QED) is 0.580. The Balaban J connectivity index is 1.67. The van der Waals surface area contributed by atoms with Crippen molar-refractivity contribution in [1.82, 2.24) is 0 Å². The molecule has 0 spiro atoms. The van der Waals surface area contributed by atoms with Gasteiger partial charge in [0.15, 0.2) is 0 Å². The predicted molar refractivity (Wildman–Crippen MR) is 86.8 cm³/mol. The highest BCUT2D eigenvalue weighted by atomic mass is 16.5. The predicted octanol–water partition coefficient (Wildman–Crippen LogP) is 5.52. The van der Waals surface area contributed by atoms with Gasteiger partial charge in [-0.1, -0.05) is 25.2 Å². The highest BCUT2D eigenvalue weighted by molar-refractivity contribution is 4.92. The van der Waals surface area contributed by atoms with E-state index in [4.69, 9.17) is 4.74 Å². The monoisotopic (exact) mass is 276 g/mol. The second-order valence-electron chi connectivity index (χ2n) is 6.67. The van der Waals surface area contributed by atoms with Crippen LogP contribution >= 0.6 is 0 Å². The van der Waals surface area contributed by atoms with Crippen molar-refractivity contribution in [2.75, 3.05) is 6.61 Å². The summed E-state index contributed by atoms with van der Waals surface area (Å²) in [6.45, 7) is 6.69. The number of hydrogen-bond donors (Lipinski definition) is 0. The summed E-state index contributed by atoms with van der Waals surface area (Å²) in [6.07, 6.45) is 19.5. The van der Waals surface area contributed by atoms with Gasteiger partial charge >= 0.3 is 0 Å². The van der Waals surface area contributed by atoms with Crippen LogP contribution in [0, 0.1) is 17.8 Å². The molecule has 2 fully saturated rings. The van der Waals surface area contributed by atoms with Crippen molar-refractivity contribution in [3.8, 4) is 0 Å². The third kappa shape index (κ3) is 4.77. The minimum Gasteiger partial charge on any atom is -0.374 e. The molecule has 0 saturated heterocycles. The summed E-state index contributed by atoms with van der Waals surface area (Å²) in [4.78, 5) is 0. The van der Waals surface area contributed by atoms with Crippen molar-refractivity contribution >= 4 is 0 Å². The molecule has 2 rings (SSSR count). The Morgan fingerprint density at radius 1 is 0.950 bits per heavy atom. The molecular weight excluding hydrogens is 244 g/mol. The topological polar surface area (TPSA) is 9.23 Å². The fraction of sp³-hybridized carbons (Fsp3) is 0.789. The lowest BCUT2D eigenvalue weighted by atomic mass is 9.70. The second-order valence-corrected chi connectivity index (χ2v) is 6.67. The van der Waals surface area contributed by atoms with E-state index in [1.807, 2.05) is 6.08 Å². The summed E-state index contributed by atoms with van der Waals surface area (Å²) in [5.74, 6) is 2.86. The molecule has 1 heteroatoms. The molecule has 2 saturated carbocycles. The molecule has 0 atom stereocenters. The lowest BCUT2D eigenvalue weighted by Gasteiger charge is -2.37. The molecular formula is C19H32O. The molecule has 114 valence electrons. The Morgan fingerprint density at radius 3 is 2.10 bits per heavy atom. The molecule has 0 N–H and O–H groups in total. The van der Waals surface area contributed by atoms with E-state index >= 15 is 0 Å². The maximum atomic E-state index is 5.80. The van der Waals surface area contributed by atoms with Crippen molar-refractivity contribution in [2.24, 2.45) is 17.8 Å². The van der Waals surface area contributed by atoms with Gasteiger partial charge in [0.1, 0.15) is 0 Å². The van der Waals surface area contributed by atoms with Crippen LogP contribution in [0.5, 0.6) is 0 Å². The minimum atomic E-state index is 0.507. The van der Waals surface area contributed by atoms with Gasteiger partial charge in [-0.15, -0.1) is 6.58 Å². The van der Waals surface area contributed by atoms with E-state index in [0.717, 1.165) is 24.4 Å². The first-order valence-electron chi connectivity index (χ1n) is 8.72. The SMILES string of the molecule is C=CCOC1CCC([C@H]2CC[C@H](/C=C/CC)CC2)CC1. The molecule has 0 aliphatic heterocycles. The molecule has 0 aromatic carbocycles. The Morgan fingerprint density at radius 2 is 1.55 bits per heavy atom. The van der Waals surface area contributed by atoms with Crippen molar-refractivity contribution in [2.45, 2.75) is 70.8 Å². The van der Waals surface area contributed by atoms with Gasteiger partial charge in [-0.05, 0) is 75.5 Å². The number of rotatable bonds is 6. The van der Waals surface area contributed by atoms with E-state index in [0.29, 0.717) is 6.10 Å². The van der Waals surface area contributed by atoms with Gasteiger partial charge in [0.25, 0.3) is 0 Å². The zero-order valence-electron chi connectivity index (χ0n) is 13.2. The van der Waals surface area contributed by atoms with Crippen molar-refractivity contribution in [1.29, 1.82) is 0 Å². The van der Waals surface area contributed by atoms with Gasteiger partial charge in [-0.2, -0.15) is 0 Å². The molecule has 0 heterocycles. The number of ether oxygens (including phenoxy) is 1. The highest BCUT2D eigenvalue weighted by Gasteiger charge is 2.30. The number of allylic oxidation sites excluding steroid dienone is 2. The van der Waals surface area contributed by atoms with E-state index in [-0.39, 0.29) is 0 Å². The highest BCUT2D eigenvalue weighted by Crippen LogP contribution is 2.40. The minimum absolute atomic E-state index is 0.507. The summed E-state index contributed by atoms with van der Waals surface area (Å²) in [5.41, 5.74) is 0. The first-order valence-corrected chi connectivity index (χ1v) is 8.72. The van der Waals surface area contributed by atoms with E-state index in [9.17, 15) is 0 Å². The summed E-state index contributed by atoms with van der Waals surface area (Å²) in [7, 11) is 0. The summed E-state index contributed by atoms with van der Waals surface area (Å²) < 4.78 is 5.80. The fourth-order valence-corrected chi connectivity index (χ4v) is 4.07. The summed E-state index contributed by atoms with van der Waals surface area (Å²) in [6, 6.07) is 0. The molecule has 0 bridgehead atoms. The summed E-state index contributed by atoms with van der Waals surface area (Å²) >= 11 is 0. The first-order chi connectivity index (χ1) is 9.83. The average Bonchev–Trinajstić information content (AvgIpc) is 2.52. The van der Waals surface area contributed by atoms with Crippen LogP contribution in [0.1, 0.15) is 64.7 Å². The zero-order valence-corrected chi connectivity index (χ0v) is 13.2. The number of hydrogen-bond acceptors (Lipinski definition) is 1. The van der Waals surface area contributed by atoms with Crippen LogP contribution in [0.3, 0.4) is 0 Å². The Hall–Kier alpha value is -0.560. The molecule has 2 aliphatic carbocycles. The van der Waals surface area contributed by atoms with E-state index < -0.39 is 0 Å². The maximum absolute atomic E-state index is 5.80. The molecule has 0 radical (unpaired) electrons. The van der Waals surface area contributed by atoms with Crippen molar-refractivity contribution in [3.05, 3.63) is 24.8 Å². The van der Waals surface area contributed by atoms with Gasteiger partial charge < -0.3 is 4.74 Å². The van der Waals surface area contributed by atoms with Crippen LogP contribution in [-0.4, -0.2) is 12.7 Å². The van der Waals surface area contributed by atoms with E-state index in [2.05, 4.69) is 25.7 Å². The first kappa shape index (κ1) is 15.8. The van der Waals surface area contributed by atoms with Gasteiger partial charge in [0, 0.05) is 0 Å². The smallest absolute Gasteiger partial charge is 0.0648 e. The van der Waals surface area contributed by atoms with Crippen LogP contribution in [-0.2, 0) is 4.74 Å². The maximum Gasteiger partial charge on any atom is 0.0648 e. The Labute approximate surface area is 125 Å². The van der Waals surface area contributed by atoms with Gasteiger partial charge in [0.05, 0.1) is 12.7 Å².